The van der Waals surface area contributed by atoms with Crippen LogP contribution in [0.3, 0.4) is 0 Å². The van der Waals surface area contributed by atoms with E-state index in [1.807, 2.05) is 17.0 Å². The van der Waals surface area contributed by atoms with Crippen molar-refractivity contribution in [1.29, 1.82) is 0 Å². The first-order chi connectivity index (χ1) is 16.3. The van der Waals surface area contributed by atoms with Gasteiger partial charge < -0.3 is 4.57 Å². The van der Waals surface area contributed by atoms with E-state index in [0.29, 0.717) is 29.2 Å². The van der Waals surface area contributed by atoms with Gasteiger partial charge in [-0.2, -0.15) is 28.1 Å². The first-order valence-electron chi connectivity index (χ1n) is 10.9. The van der Waals surface area contributed by atoms with E-state index in [4.69, 9.17) is 0 Å². The molecule has 7 nitrogen and oxygen atoms in total. The fourth-order valence-electron chi connectivity index (χ4n) is 4.34. The topological polar surface area (TPSA) is 70.5 Å². The number of halogens is 3. The van der Waals surface area contributed by atoms with E-state index in [-0.39, 0.29) is 11.1 Å². The molecule has 34 heavy (non-hydrogen) atoms. The number of hydrogen-bond donors (Lipinski definition) is 0. The van der Waals surface area contributed by atoms with Gasteiger partial charge in [-0.3, -0.25) is 14.5 Å². The zero-order valence-corrected chi connectivity index (χ0v) is 18.1. The minimum atomic E-state index is -4.57. The Morgan fingerprint density at radius 3 is 2.65 bits per heavy atom. The van der Waals surface area contributed by atoms with Crippen molar-refractivity contribution in [2.24, 2.45) is 13.0 Å². The van der Waals surface area contributed by atoms with Crippen molar-refractivity contribution in [2.45, 2.75) is 25.6 Å². The van der Waals surface area contributed by atoms with Crippen molar-refractivity contribution in [3.05, 3.63) is 71.0 Å². The zero-order chi connectivity index (χ0) is 23.6. The highest BCUT2D eigenvalue weighted by Gasteiger charge is 2.32. The largest absolute Gasteiger partial charge is 0.417 e. The van der Waals surface area contributed by atoms with Gasteiger partial charge in [0.2, 0.25) is 0 Å². The van der Waals surface area contributed by atoms with E-state index in [0.717, 1.165) is 36.0 Å². The summed E-state index contributed by atoms with van der Waals surface area (Å²) in [7, 11) is 1.80. The molecule has 4 aromatic heterocycles. The second kappa shape index (κ2) is 7.28. The number of aromatic nitrogens is 6. The van der Waals surface area contributed by atoms with E-state index in [1.165, 1.54) is 10.9 Å². The third-order valence-electron chi connectivity index (χ3n) is 6.15. The van der Waals surface area contributed by atoms with Gasteiger partial charge in [-0.05, 0) is 49.1 Å². The van der Waals surface area contributed by atoms with Crippen molar-refractivity contribution in [1.82, 2.24) is 29.1 Å². The summed E-state index contributed by atoms with van der Waals surface area (Å²) in [6, 6.07) is 8.07. The van der Waals surface area contributed by atoms with Crippen LogP contribution in [-0.4, -0.2) is 29.1 Å². The molecule has 1 saturated carbocycles. The van der Waals surface area contributed by atoms with Gasteiger partial charge in [0.05, 0.1) is 27.8 Å². The van der Waals surface area contributed by atoms with Crippen molar-refractivity contribution in [2.75, 3.05) is 0 Å². The maximum Gasteiger partial charge on any atom is 0.417 e. The van der Waals surface area contributed by atoms with Gasteiger partial charge in [0.15, 0.2) is 0 Å². The van der Waals surface area contributed by atoms with Crippen molar-refractivity contribution in [3.8, 4) is 16.8 Å². The van der Waals surface area contributed by atoms with Crippen molar-refractivity contribution < 1.29 is 13.2 Å². The molecule has 0 spiro atoms. The van der Waals surface area contributed by atoms with Gasteiger partial charge >= 0.3 is 6.18 Å². The highest BCUT2D eigenvalue weighted by atomic mass is 19.4. The average Bonchev–Trinajstić information content (AvgIpc) is 3.41. The lowest BCUT2D eigenvalue weighted by Gasteiger charge is -2.13. The van der Waals surface area contributed by atoms with Gasteiger partial charge in [-0.15, -0.1) is 0 Å². The third kappa shape index (κ3) is 3.46. The molecule has 0 bridgehead atoms. The van der Waals surface area contributed by atoms with E-state index in [9.17, 15) is 18.0 Å². The molecule has 1 aliphatic rings. The summed E-state index contributed by atoms with van der Waals surface area (Å²) in [5.74, 6) is 0.499. The molecule has 0 saturated heterocycles. The summed E-state index contributed by atoms with van der Waals surface area (Å²) in [6.45, 7) is 0.690. The second-order valence-corrected chi connectivity index (χ2v) is 8.74. The number of pyridine rings is 1. The van der Waals surface area contributed by atoms with Crippen LogP contribution in [0.15, 0.2) is 59.9 Å². The molecule has 0 radical (unpaired) electrons. The SMILES string of the molecule is Cn1cc2cc(-n3nc4ccn(CC5CC5)c4c(-c4cncc(C(F)(F)F)c4)c3=O)ccc2n1. The summed E-state index contributed by atoms with van der Waals surface area (Å²) in [5.41, 5.74) is 1.17. The number of benzene rings is 1. The van der Waals surface area contributed by atoms with Gasteiger partial charge in [0.1, 0.15) is 5.52 Å². The van der Waals surface area contributed by atoms with Gasteiger partial charge in [0, 0.05) is 49.3 Å². The highest BCUT2D eigenvalue weighted by Crippen LogP contribution is 2.35. The molecule has 5 aromatic rings. The predicted molar refractivity (Wildman–Crippen MR) is 121 cm³/mol. The van der Waals surface area contributed by atoms with Crippen molar-refractivity contribution in [3.63, 3.8) is 0 Å². The Hall–Kier alpha value is -3.95. The van der Waals surface area contributed by atoms with E-state index in [2.05, 4.69) is 15.2 Å². The first-order valence-corrected chi connectivity index (χ1v) is 10.9. The molecule has 172 valence electrons. The summed E-state index contributed by atoms with van der Waals surface area (Å²) >= 11 is 0. The fourth-order valence-corrected chi connectivity index (χ4v) is 4.34. The Bertz CT molecular complexity index is 1620. The lowest BCUT2D eigenvalue weighted by Crippen LogP contribution is -2.24. The standard InChI is InChI=1S/C24H19F3N6O/c1-31-13-16-9-18(4-5-19(16)29-31)33-23(34)21(15-8-17(11-28-10-15)24(25,26)27)22-20(30-33)6-7-32(22)12-14-2-3-14/h4-11,13-14H,2-3,12H2,1H3. The molecule has 1 aliphatic carbocycles. The maximum atomic E-state index is 13.8. The highest BCUT2D eigenvalue weighted by molar-refractivity contribution is 5.92. The summed E-state index contributed by atoms with van der Waals surface area (Å²) in [5, 5.41) is 9.75. The van der Waals surface area contributed by atoms with Crippen LogP contribution in [0.25, 0.3) is 38.8 Å². The number of alkyl halides is 3. The van der Waals surface area contributed by atoms with E-state index < -0.39 is 17.3 Å². The number of nitrogens with zero attached hydrogens (tertiary/aromatic N) is 6. The minimum absolute atomic E-state index is 0.110. The molecule has 0 aliphatic heterocycles. The molecule has 1 aromatic carbocycles. The predicted octanol–water partition coefficient (Wildman–Crippen LogP) is 4.56. The van der Waals surface area contributed by atoms with Gasteiger partial charge in [-0.25, -0.2) is 0 Å². The van der Waals surface area contributed by atoms with Crippen LogP contribution in [-0.2, 0) is 19.8 Å². The number of rotatable bonds is 4. The van der Waals surface area contributed by atoms with Crippen LogP contribution < -0.4 is 5.56 Å². The molecule has 0 atom stereocenters. The molecule has 0 unspecified atom stereocenters. The van der Waals surface area contributed by atoms with Gasteiger partial charge in [-0.1, -0.05) is 0 Å². The quantitative estimate of drug-likeness (QED) is 0.391. The molecule has 10 heteroatoms. The Morgan fingerprint density at radius 1 is 1.06 bits per heavy atom. The molecule has 1 fully saturated rings. The van der Waals surface area contributed by atoms with E-state index >= 15 is 0 Å². The first kappa shape index (κ1) is 20.6. The Labute approximate surface area is 191 Å². The molecular weight excluding hydrogens is 445 g/mol. The molecular formula is C24H19F3N6O. The van der Waals surface area contributed by atoms with Crippen LogP contribution >= 0.6 is 0 Å². The summed E-state index contributed by atoms with van der Waals surface area (Å²) in [6.07, 6.45) is 3.34. The fraction of sp³-hybridized carbons (Fsp3) is 0.250. The Balaban J connectivity index is 1.62. The normalized spacial score (nSPS) is 14.4. The minimum Gasteiger partial charge on any atom is -0.345 e. The van der Waals surface area contributed by atoms with Crippen LogP contribution in [0.1, 0.15) is 18.4 Å². The van der Waals surface area contributed by atoms with E-state index in [1.54, 1.807) is 36.0 Å². The molecule has 0 N–H and O–H groups in total. The second-order valence-electron chi connectivity index (χ2n) is 8.74. The Kier molecular flexibility index (Phi) is 4.42. The van der Waals surface area contributed by atoms with Crippen LogP contribution in [0.4, 0.5) is 13.2 Å². The zero-order valence-electron chi connectivity index (χ0n) is 18.1. The number of hydrogen-bond acceptors (Lipinski definition) is 4. The molecule has 0 amide bonds. The smallest absolute Gasteiger partial charge is 0.345 e. The maximum absolute atomic E-state index is 13.8. The van der Waals surface area contributed by atoms with Crippen LogP contribution in [0.5, 0.6) is 0 Å². The molecule has 4 heterocycles. The number of fused-ring (bicyclic) bond motifs is 2. The Morgan fingerprint density at radius 2 is 1.88 bits per heavy atom. The molecule has 6 rings (SSSR count). The number of aryl methyl sites for hydroxylation is 1. The third-order valence-corrected chi connectivity index (χ3v) is 6.15. The average molecular weight is 464 g/mol. The van der Waals surface area contributed by atoms with Gasteiger partial charge in [0.25, 0.3) is 5.56 Å². The lowest BCUT2D eigenvalue weighted by molar-refractivity contribution is -0.137. The van der Waals surface area contributed by atoms with Crippen LogP contribution in [0.2, 0.25) is 0 Å². The van der Waals surface area contributed by atoms with Crippen LogP contribution in [0, 0.1) is 5.92 Å². The summed E-state index contributed by atoms with van der Waals surface area (Å²) < 4.78 is 45.2. The lowest BCUT2D eigenvalue weighted by atomic mass is 10.1. The van der Waals surface area contributed by atoms with Crippen molar-refractivity contribution >= 4 is 21.9 Å². The monoisotopic (exact) mass is 464 g/mol. The summed E-state index contributed by atoms with van der Waals surface area (Å²) in [4.78, 5) is 17.6.